The lowest BCUT2D eigenvalue weighted by atomic mass is 10.3. The first-order chi connectivity index (χ1) is 9.85. The summed E-state index contributed by atoms with van der Waals surface area (Å²) in [5.74, 6) is -3.00. The van der Waals surface area contributed by atoms with Crippen molar-refractivity contribution in [3.63, 3.8) is 0 Å². The number of hydrogen-bond donors (Lipinski definition) is 2. The van der Waals surface area contributed by atoms with Gasteiger partial charge in [0.1, 0.15) is 18.2 Å². The smallest absolute Gasteiger partial charge is 0.323 e. The molecule has 2 N–H and O–H groups in total. The molecule has 2 amide bonds. The molecule has 1 aromatic carbocycles. The van der Waals surface area contributed by atoms with Crippen molar-refractivity contribution in [2.75, 3.05) is 32.1 Å². The Balaban J connectivity index is 2.85. The van der Waals surface area contributed by atoms with Crippen LogP contribution in [0.1, 0.15) is 0 Å². The highest BCUT2D eigenvalue weighted by atomic mass is 79.9. The van der Waals surface area contributed by atoms with Crippen LogP contribution in [-0.4, -0.2) is 48.8 Å². The fourth-order valence-electron chi connectivity index (χ4n) is 1.43. The SMILES string of the molecule is COCCN(CC(=O)O)C(=O)Nc1cc(Br)c(F)cc1F. The van der Waals surface area contributed by atoms with Crippen molar-refractivity contribution in [2.24, 2.45) is 0 Å². The van der Waals surface area contributed by atoms with E-state index in [1.807, 2.05) is 0 Å². The Morgan fingerprint density at radius 3 is 2.62 bits per heavy atom. The number of carboxylic acids is 1. The van der Waals surface area contributed by atoms with E-state index in [0.717, 1.165) is 11.0 Å². The van der Waals surface area contributed by atoms with Gasteiger partial charge in [-0.25, -0.2) is 13.6 Å². The fraction of sp³-hybridized carbons (Fsp3) is 0.333. The molecule has 0 heterocycles. The van der Waals surface area contributed by atoms with Gasteiger partial charge in [0.05, 0.1) is 16.8 Å². The molecule has 9 heteroatoms. The molecule has 0 saturated heterocycles. The van der Waals surface area contributed by atoms with Crippen molar-refractivity contribution >= 4 is 33.6 Å². The van der Waals surface area contributed by atoms with Gasteiger partial charge in [-0.15, -0.1) is 0 Å². The zero-order valence-electron chi connectivity index (χ0n) is 11.0. The van der Waals surface area contributed by atoms with E-state index >= 15 is 0 Å². The minimum atomic E-state index is -1.22. The number of carbonyl (C=O) groups is 2. The van der Waals surface area contributed by atoms with Crippen molar-refractivity contribution in [2.45, 2.75) is 0 Å². The van der Waals surface area contributed by atoms with E-state index in [4.69, 9.17) is 9.84 Å². The summed E-state index contributed by atoms with van der Waals surface area (Å²) < 4.78 is 31.4. The van der Waals surface area contributed by atoms with Gasteiger partial charge in [0.25, 0.3) is 0 Å². The Hall–Kier alpha value is -1.74. The Morgan fingerprint density at radius 2 is 2.05 bits per heavy atom. The average molecular weight is 367 g/mol. The van der Waals surface area contributed by atoms with E-state index in [1.165, 1.54) is 7.11 Å². The van der Waals surface area contributed by atoms with E-state index in [2.05, 4.69) is 21.2 Å². The summed E-state index contributed by atoms with van der Waals surface area (Å²) in [6, 6.07) is 0.834. The molecule has 0 aliphatic carbocycles. The number of urea groups is 1. The Labute approximate surface area is 127 Å². The summed E-state index contributed by atoms with van der Waals surface area (Å²) in [6.07, 6.45) is 0. The number of ether oxygens (including phenoxy) is 1. The number of nitrogens with zero attached hydrogens (tertiary/aromatic N) is 1. The van der Waals surface area contributed by atoms with E-state index < -0.39 is 30.2 Å². The molecule has 0 atom stereocenters. The lowest BCUT2D eigenvalue weighted by molar-refractivity contribution is -0.137. The molecule has 116 valence electrons. The molecule has 21 heavy (non-hydrogen) atoms. The van der Waals surface area contributed by atoms with Crippen LogP contribution in [0.15, 0.2) is 16.6 Å². The van der Waals surface area contributed by atoms with Crippen LogP contribution in [0.2, 0.25) is 0 Å². The lowest BCUT2D eigenvalue weighted by Gasteiger charge is -2.21. The number of carbonyl (C=O) groups excluding carboxylic acids is 1. The van der Waals surface area contributed by atoms with Gasteiger partial charge in [0.2, 0.25) is 0 Å². The van der Waals surface area contributed by atoms with Gasteiger partial charge in [-0.2, -0.15) is 0 Å². The first-order valence-electron chi connectivity index (χ1n) is 5.76. The van der Waals surface area contributed by atoms with Gasteiger partial charge in [-0.05, 0) is 22.0 Å². The number of rotatable bonds is 6. The van der Waals surface area contributed by atoms with E-state index in [-0.39, 0.29) is 23.3 Å². The fourth-order valence-corrected chi connectivity index (χ4v) is 1.77. The van der Waals surface area contributed by atoms with Crippen LogP contribution in [0.5, 0.6) is 0 Å². The van der Waals surface area contributed by atoms with Crippen LogP contribution < -0.4 is 5.32 Å². The number of anilines is 1. The molecule has 0 saturated carbocycles. The van der Waals surface area contributed by atoms with Gasteiger partial charge in [-0.1, -0.05) is 0 Å². The van der Waals surface area contributed by atoms with Gasteiger partial charge in [-0.3, -0.25) is 4.79 Å². The van der Waals surface area contributed by atoms with Crippen LogP contribution >= 0.6 is 15.9 Å². The summed E-state index contributed by atoms with van der Waals surface area (Å²) in [4.78, 5) is 23.6. The monoisotopic (exact) mass is 366 g/mol. The average Bonchev–Trinajstić information content (AvgIpc) is 2.40. The molecule has 0 aromatic heterocycles. The third-order valence-electron chi connectivity index (χ3n) is 2.43. The maximum absolute atomic E-state index is 13.5. The van der Waals surface area contributed by atoms with E-state index in [0.29, 0.717) is 6.07 Å². The second kappa shape index (κ2) is 7.89. The first-order valence-corrected chi connectivity index (χ1v) is 6.55. The Kier molecular flexibility index (Phi) is 6.50. The predicted octanol–water partition coefficient (Wildman–Crippen LogP) is 2.29. The maximum Gasteiger partial charge on any atom is 0.323 e. The standard InChI is InChI=1S/C12H13BrF2N2O4/c1-21-3-2-17(6-11(18)19)12(20)16-10-4-7(13)8(14)5-9(10)15/h4-5H,2-3,6H2,1H3,(H,16,20)(H,18,19). The van der Waals surface area contributed by atoms with Crippen molar-refractivity contribution in [3.05, 3.63) is 28.2 Å². The summed E-state index contributed by atoms with van der Waals surface area (Å²) >= 11 is 2.87. The summed E-state index contributed by atoms with van der Waals surface area (Å²) in [5.41, 5.74) is -0.263. The molecule has 0 unspecified atom stereocenters. The molecule has 1 aromatic rings. The zero-order chi connectivity index (χ0) is 16.0. The number of benzene rings is 1. The van der Waals surface area contributed by atoms with E-state index in [1.54, 1.807) is 0 Å². The van der Waals surface area contributed by atoms with Crippen LogP contribution in [0.3, 0.4) is 0 Å². The molecule has 0 radical (unpaired) electrons. The lowest BCUT2D eigenvalue weighted by Crippen LogP contribution is -2.40. The Bertz CT molecular complexity index is 542. The van der Waals surface area contributed by atoms with Gasteiger partial charge < -0.3 is 20.1 Å². The number of hydrogen-bond acceptors (Lipinski definition) is 3. The second-order valence-corrected chi connectivity index (χ2v) is 4.84. The normalized spacial score (nSPS) is 10.3. The van der Waals surface area contributed by atoms with Crippen LogP contribution in [0, 0.1) is 11.6 Å². The number of carboxylic acid groups (broad SMARTS) is 1. The molecular formula is C12H13BrF2N2O4. The number of nitrogens with one attached hydrogen (secondary N) is 1. The summed E-state index contributed by atoms with van der Waals surface area (Å²) in [5, 5.41) is 10.9. The van der Waals surface area contributed by atoms with Crippen molar-refractivity contribution < 1.29 is 28.2 Å². The van der Waals surface area contributed by atoms with Crippen molar-refractivity contribution in [3.8, 4) is 0 Å². The third kappa shape index (κ3) is 5.27. The van der Waals surface area contributed by atoms with Crippen molar-refractivity contribution in [1.29, 1.82) is 0 Å². The van der Waals surface area contributed by atoms with Crippen molar-refractivity contribution in [1.82, 2.24) is 4.90 Å². The zero-order valence-corrected chi connectivity index (χ0v) is 12.6. The molecule has 0 bridgehead atoms. The number of amides is 2. The van der Waals surface area contributed by atoms with E-state index in [9.17, 15) is 18.4 Å². The molecule has 0 fully saturated rings. The molecule has 0 aliphatic rings. The first kappa shape index (κ1) is 17.3. The third-order valence-corrected chi connectivity index (χ3v) is 3.04. The second-order valence-electron chi connectivity index (χ2n) is 3.98. The number of aliphatic carboxylic acids is 1. The predicted molar refractivity (Wildman–Crippen MR) is 74.2 cm³/mol. The molecule has 0 aliphatic heterocycles. The number of halogens is 3. The maximum atomic E-state index is 13.5. The summed E-state index contributed by atoms with van der Waals surface area (Å²) in [6.45, 7) is -0.436. The minimum absolute atomic E-state index is 0.0125. The van der Waals surface area contributed by atoms with Crippen LogP contribution in [-0.2, 0) is 9.53 Å². The molecule has 0 spiro atoms. The highest BCUT2D eigenvalue weighted by Crippen LogP contribution is 2.23. The quantitative estimate of drug-likeness (QED) is 0.757. The number of methoxy groups -OCH3 is 1. The van der Waals surface area contributed by atoms with Gasteiger partial charge in [0.15, 0.2) is 0 Å². The van der Waals surface area contributed by atoms with Crippen LogP contribution in [0.4, 0.5) is 19.3 Å². The minimum Gasteiger partial charge on any atom is -0.480 e. The highest BCUT2D eigenvalue weighted by molar-refractivity contribution is 9.10. The van der Waals surface area contributed by atoms with Crippen LogP contribution in [0.25, 0.3) is 0 Å². The summed E-state index contributed by atoms with van der Waals surface area (Å²) in [7, 11) is 1.40. The largest absolute Gasteiger partial charge is 0.480 e. The topological polar surface area (TPSA) is 78.9 Å². The van der Waals surface area contributed by atoms with Gasteiger partial charge in [0, 0.05) is 19.7 Å². The Morgan fingerprint density at radius 1 is 1.38 bits per heavy atom. The molecule has 6 nitrogen and oxygen atoms in total. The highest BCUT2D eigenvalue weighted by Gasteiger charge is 2.18. The molecular weight excluding hydrogens is 354 g/mol. The van der Waals surface area contributed by atoms with Gasteiger partial charge >= 0.3 is 12.0 Å². The molecule has 1 rings (SSSR count).